The van der Waals surface area contributed by atoms with Crippen LogP contribution in [0.25, 0.3) is 10.9 Å². The topological polar surface area (TPSA) is 67.2 Å². The molecule has 1 fully saturated rings. The molecule has 0 aliphatic carbocycles. The van der Waals surface area contributed by atoms with Gasteiger partial charge in [0.25, 0.3) is 5.56 Å². The molecule has 2 aromatic carbocycles. The zero-order valence-corrected chi connectivity index (χ0v) is 18.2. The Balaban J connectivity index is 1.77. The van der Waals surface area contributed by atoms with Crippen LogP contribution in [0.2, 0.25) is 5.02 Å². The number of nitrogens with one attached hydrogen (secondary N) is 1. The lowest BCUT2D eigenvalue weighted by molar-refractivity contribution is -0.131. The second kappa shape index (κ2) is 9.20. The van der Waals surface area contributed by atoms with Gasteiger partial charge in [-0.05, 0) is 30.7 Å². The third-order valence-electron chi connectivity index (χ3n) is 5.18. The minimum atomic E-state index is -0.473. The van der Waals surface area contributed by atoms with E-state index in [1.807, 2.05) is 42.2 Å². The van der Waals surface area contributed by atoms with Crippen molar-refractivity contribution in [1.29, 1.82) is 0 Å². The fourth-order valence-electron chi connectivity index (χ4n) is 3.59. The third kappa shape index (κ3) is 4.24. The summed E-state index contributed by atoms with van der Waals surface area (Å²) in [5, 5.41) is 4.33. The van der Waals surface area contributed by atoms with E-state index in [0.717, 1.165) is 18.7 Å². The molecule has 3 aromatic rings. The Hall–Kier alpha value is -2.35. The molecule has 8 heteroatoms. The molecule has 4 rings (SSSR count). The van der Waals surface area contributed by atoms with E-state index in [2.05, 4.69) is 5.32 Å². The minimum Gasteiger partial charge on any atom is -0.339 e. The summed E-state index contributed by atoms with van der Waals surface area (Å²) in [6, 6.07) is 14.8. The van der Waals surface area contributed by atoms with Gasteiger partial charge in [0, 0.05) is 37.7 Å². The molecule has 156 valence electrons. The number of piperazine rings is 1. The van der Waals surface area contributed by atoms with E-state index in [-0.39, 0.29) is 11.5 Å². The summed E-state index contributed by atoms with van der Waals surface area (Å²) in [7, 11) is 0. The number of amides is 1. The molecule has 1 saturated heterocycles. The highest BCUT2D eigenvalue weighted by atomic mass is 35.5. The van der Waals surface area contributed by atoms with Gasteiger partial charge < -0.3 is 10.2 Å². The van der Waals surface area contributed by atoms with Gasteiger partial charge in [-0.2, -0.15) is 0 Å². The van der Waals surface area contributed by atoms with Crippen molar-refractivity contribution < 1.29 is 4.79 Å². The van der Waals surface area contributed by atoms with Crippen LogP contribution >= 0.6 is 23.4 Å². The molecule has 1 aromatic heterocycles. The van der Waals surface area contributed by atoms with Crippen molar-refractivity contribution in [2.24, 2.45) is 0 Å². The first-order valence-corrected chi connectivity index (χ1v) is 11.3. The predicted molar refractivity (Wildman–Crippen MR) is 121 cm³/mol. The van der Waals surface area contributed by atoms with Crippen molar-refractivity contribution in [2.45, 2.75) is 23.9 Å². The van der Waals surface area contributed by atoms with Crippen molar-refractivity contribution in [3.8, 4) is 0 Å². The third-order valence-corrected chi connectivity index (χ3v) is 6.64. The molecule has 1 aliphatic heterocycles. The lowest BCUT2D eigenvalue weighted by Crippen LogP contribution is -2.47. The van der Waals surface area contributed by atoms with E-state index in [1.54, 1.807) is 22.8 Å². The number of nitrogens with zero attached hydrogens (tertiary/aromatic N) is 3. The predicted octanol–water partition coefficient (Wildman–Crippen LogP) is 3.34. The maximum Gasteiger partial charge on any atom is 0.262 e. The van der Waals surface area contributed by atoms with Gasteiger partial charge in [0.1, 0.15) is 5.25 Å². The van der Waals surface area contributed by atoms with Crippen LogP contribution in [0.15, 0.2) is 58.5 Å². The maximum absolute atomic E-state index is 13.4. The van der Waals surface area contributed by atoms with Crippen LogP contribution in [0.4, 0.5) is 0 Å². The van der Waals surface area contributed by atoms with E-state index in [1.165, 1.54) is 11.8 Å². The molecule has 6 nitrogen and oxygen atoms in total. The first kappa shape index (κ1) is 20.9. The second-order valence-electron chi connectivity index (χ2n) is 7.09. The van der Waals surface area contributed by atoms with Gasteiger partial charge in [0.15, 0.2) is 5.16 Å². The first-order valence-electron chi connectivity index (χ1n) is 9.99. The average molecular weight is 443 g/mol. The van der Waals surface area contributed by atoms with Gasteiger partial charge in [-0.15, -0.1) is 0 Å². The summed E-state index contributed by atoms with van der Waals surface area (Å²) < 4.78 is 1.62. The number of benzene rings is 2. The minimum absolute atomic E-state index is 0.0424. The van der Waals surface area contributed by atoms with E-state index < -0.39 is 5.25 Å². The largest absolute Gasteiger partial charge is 0.339 e. The Morgan fingerprint density at radius 1 is 1.20 bits per heavy atom. The molecule has 0 bridgehead atoms. The highest BCUT2D eigenvalue weighted by Gasteiger charge is 2.29. The summed E-state index contributed by atoms with van der Waals surface area (Å²) in [5.41, 5.74) is 1.34. The molecular formula is C22H23ClN4O2S. The number of carbonyl (C=O) groups excluding carboxylic acids is 1. The van der Waals surface area contributed by atoms with E-state index in [4.69, 9.17) is 16.6 Å². The van der Waals surface area contributed by atoms with E-state index >= 15 is 0 Å². The maximum atomic E-state index is 13.4. The molecule has 1 unspecified atom stereocenters. The van der Waals surface area contributed by atoms with Crippen LogP contribution in [0.5, 0.6) is 0 Å². The number of thioether (sulfide) groups is 1. The van der Waals surface area contributed by atoms with Gasteiger partial charge >= 0.3 is 0 Å². The summed E-state index contributed by atoms with van der Waals surface area (Å²) in [4.78, 5) is 33.1. The Morgan fingerprint density at radius 3 is 2.63 bits per heavy atom. The van der Waals surface area contributed by atoms with Gasteiger partial charge in [-0.25, -0.2) is 4.98 Å². The fraction of sp³-hybridized carbons (Fsp3) is 0.318. The highest BCUT2D eigenvalue weighted by Crippen LogP contribution is 2.36. The number of hydrogen-bond donors (Lipinski definition) is 1. The number of carbonyl (C=O) groups is 1. The first-order chi connectivity index (χ1) is 14.6. The van der Waals surface area contributed by atoms with Gasteiger partial charge in [0.05, 0.1) is 10.9 Å². The zero-order valence-electron chi connectivity index (χ0n) is 16.7. The summed E-state index contributed by atoms with van der Waals surface area (Å²) in [6.07, 6.45) is 0. The van der Waals surface area contributed by atoms with Crippen LogP contribution in [0.1, 0.15) is 17.7 Å². The monoisotopic (exact) mass is 442 g/mol. The molecule has 0 radical (unpaired) electrons. The quantitative estimate of drug-likeness (QED) is 0.485. The van der Waals surface area contributed by atoms with Crippen molar-refractivity contribution in [2.75, 3.05) is 26.2 Å². The Bertz CT molecular complexity index is 1110. The smallest absolute Gasteiger partial charge is 0.262 e. The fourth-order valence-corrected chi connectivity index (χ4v) is 5.00. The molecule has 1 amide bonds. The highest BCUT2D eigenvalue weighted by molar-refractivity contribution is 8.00. The standard InChI is InChI=1S/C22H23ClN4O2S/c1-2-27-20(28)17-14-16(23)8-9-18(17)25-22(27)30-19(15-6-4-3-5-7-15)21(29)26-12-10-24-11-13-26/h3-9,14,19,24H,2,10-13H2,1H3. The molecular weight excluding hydrogens is 420 g/mol. The van der Waals surface area contributed by atoms with Crippen LogP contribution in [0, 0.1) is 0 Å². The second-order valence-corrected chi connectivity index (χ2v) is 8.60. The SMILES string of the molecule is CCn1c(SC(C(=O)N2CCNCC2)c2ccccc2)nc2ccc(Cl)cc2c1=O. The summed E-state index contributed by atoms with van der Waals surface area (Å²) in [6.45, 7) is 5.28. The normalized spacial score (nSPS) is 15.3. The lowest BCUT2D eigenvalue weighted by Gasteiger charge is -2.31. The van der Waals surface area contributed by atoms with Crippen molar-refractivity contribution in [3.05, 3.63) is 69.5 Å². The Morgan fingerprint density at radius 2 is 1.93 bits per heavy atom. The summed E-state index contributed by atoms with van der Waals surface area (Å²) >= 11 is 7.42. The molecule has 2 heterocycles. The molecule has 30 heavy (non-hydrogen) atoms. The Kier molecular flexibility index (Phi) is 6.41. The van der Waals surface area contributed by atoms with E-state index in [0.29, 0.717) is 40.7 Å². The van der Waals surface area contributed by atoms with E-state index in [9.17, 15) is 9.59 Å². The number of halogens is 1. The Labute approximate surface area is 184 Å². The zero-order chi connectivity index (χ0) is 21.1. The van der Waals surface area contributed by atoms with Crippen molar-refractivity contribution >= 4 is 40.2 Å². The van der Waals surface area contributed by atoms with Crippen LogP contribution in [-0.2, 0) is 11.3 Å². The average Bonchev–Trinajstić information content (AvgIpc) is 2.79. The molecule has 1 N–H and O–H groups in total. The van der Waals surface area contributed by atoms with Crippen LogP contribution in [-0.4, -0.2) is 46.5 Å². The van der Waals surface area contributed by atoms with Crippen LogP contribution in [0.3, 0.4) is 0 Å². The lowest BCUT2D eigenvalue weighted by atomic mass is 10.1. The number of fused-ring (bicyclic) bond motifs is 1. The van der Waals surface area contributed by atoms with Crippen molar-refractivity contribution in [3.63, 3.8) is 0 Å². The molecule has 0 spiro atoms. The van der Waals surface area contributed by atoms with Gasteiger partial charge in [0.2, 0.25) is 5.91 Å². The molecule has 0 saturated carbocycles. The number of rotatable bonds is 5. The molecule has 1 aliphatic rings. The van der Waals surface area contributed by atoms with Gasteiger partial charge in [-0.1, -0.05) is 53.7 Å². The number of aromatic nitrogens is 2. The van der Waals surface area contributed by atoms with Crippen molar-refractivity contribution in [1.82, 2.24) is 19.8 Å². The van der Waals surface area contributed by atoms with Gasteiger partial charge in [-0.3, -0.25) is 14.2 Å². The molecule has 1 atom stereocenters. The summed E-state index contributed by atoms with van der Waals surface area (Å²) in [5.74, 6) is 0.0424. The number of hydrogen-bond acceptors (Lipinski definition) is 5. The van der Waals surface area contributed by atoms with Crippen LogP contribution < -0.4 is 10.9 Å².